The van der Waals surface area contributed by atoms with Gasteiger partial charge in [0.15, 0.2) is 0 Å². The topological polar surface area (TPSA) is 118 Å². The molecule has 2 aliphatic carbocycles. The molecule has 0 aliphatic heterocycles. The summed E-state index contributed by atoms with van der Waals surface area (Å²) < 4.78 is 14.0. The molecule has 0 radical (unpaired) electrons. The molecule has 2 saturated carbocycles. The zero-order valence-corrected chi connectivity index (χ0v) is 11.0. The van der Waals surface area contributed by atoms with Gasteiger partial charge in [-0.05, 0) is 25.7 Å². The fourth-order valence-corrected chi connectivity index (χ4v) is 3.18. The predicted molar refractivity (Wildman–Crippen MR) is 65.4 cm³/mol. The van der Waals surface area contributed by atoms with E-state index in [9.17, 15) is 34.7 Å². The fourth-order valence-electron chi connectivity index (χ4n) is 3.18. The summed E-state index contributed by atoms with van der Waals surface area (Å²) in [4.78, 5) is 12.3. The normalized spacial score (nSPS) is 49.9. The quantitative estimate of drug-likeness (QED) is 0.423. The first-order valence-electron chi connectivity index (χ1n) is 6.91. The van der Waals surface area contributed by atoms with Gasteiger partial charge in [-0.3, -0.25) is 4.79 Å². The molecule has 20 heavy (non-hydrogen) atoms. The molecule has 6 unspecified atom stereocenters. The van der Waals surface area contributed by atoms with Crippen LogP contribution in [0.5, 0.6) is 0 Å². The Morgan fingerprint density at radius 2 is 1.40 bits per heavy atom. The van der Waals surface area contributed by atoms with Crippen molar-refractivity contribution in [3.8, 4) is 0 Å². The third kappa shape index (κ3) is 2.87. The Morgan fingerprint density at radius 3 is 1.95 bits per heavy atom. The van der Waals surface area contributed by atoms with Crippen LogP contribution < -0.4 is 0 Å². The first-order chi connectivity index (χ1) is 9.32. The molecule has 2 fully saturated rings. The fraction of sp³-hybridized carbons (Fsp3) is 0.923. The first kappa shape index (κ1) is 15.8. The number of alkyl halides is 1. The molecular formula is C13H21FO6. The van der Waals surface area contributed by atoms with Crippen LogP contribution in [-0.4, -0.2) is 68.0 Å². The van der Waals surface area contributed by atoms with E-state index in [0.717, 1.165) is 0 Å². The maximum Gasteiger partial charge on any atom is 0.142 e. The third-order valence-electron chi connectivity index (χ3n) is 4.49. The summed E-state index contributed by atoms with van der Waals surface area (Å²) in [6.45, 7) is 0. The van der Waals surface area contributed by atoms with E-state index in [0.29, 0.717) is 0 Å². The third-order valence-corrected chi connectivity index (χ3v) is 4.49. The molecule has 6 atom stereocenters. The van der Waals surface area contributed by atoms with Gasteiger partial charge in [0.25, 0.3) is 0 Å². The van der Waals surface area contributed by atoms with Crippen LogP contribution in [0.25, 0.3) is 0 Å². The highest BCUT2D eigenvalue weighted by atomic mass is 19.1. The van der Waals surface area contributed by atoms with Gasteiger partial charge in [-0.25, -0.2) is 4.39 Å². The highest BCUT2D eigenvalue weighted by Gasteiger charge is 2.46. The zero-order valence-electron chi connectivity index (χ0n) is 11.0. The average Bonchev–Trinajstić information content (AvgIpc) is 2.41. The van der Waals surface area contributed by atoms with Crippen LogP contribution in [0.2, 0.25) is 0 Å². The van der Waals surface area contributed by atoms with Crippen molar-refractivity contribution in [2.45, 2.75) is 62.4 Å². The van der Waals surface area contributed by atoms with Crippen molar-refractivity contribution >= 4 is 5.78 Å². The first-order valence-corrected chi connectivity index (χ1v) is 6.91. The number of aliphatic hydroxyl groups excluding tert-OH is 5. The number of halogens is 1. The molecule has 2 aliphatic rings. The van der Waals surface area contributed by atoms with Crippen molar-refractivity contribution in [3.05, 3.63) is 0 Å². The molecule has 0 spiro atoms. The van der Waals surface area contributed by atoms with Crippen molar-refractivity contribution in [3.63, 3.8) is 0 Å². The van der Waals surface area contributed by atoms with Crippen LogP contribution in [-0.2, 0) is 4.79 Å². The van der Waals surface area contributed by atoms with E-state index in [1.165, 1.54) is 0 Å². The number of carbonyl (C=O) groups is 1. The van der Waals surface area contributed by atoms with E-state index < -0.39 is 54.3 Å². The lowest BCUT2D eigenvalue weighted by Crippen LogP contribution is -2.51. The maximum atomic E-state index is 14.0. The summed E-state index contributed by atoms with van der Waals surface area (Å²) >= 11 is 0. The van der Waals surface area contributed by atoms with Crippen molar-refractivity contribution in [2.24, 2.45) is 11.8 Å². The van der Waals surface area contributed by atoms with E-state index in [1.54, 1.807) is 0 Å². The summed E-state index contributed by atoms with van der Waals surface area (Å²) in [5.74, 6) is -2.24. The van der Waals surface area contributed by atoms with Crippen LogP contribution >= 0.6 is 0 Å². The minimum atomic E-state index is -1.84. The SMILES string of the molecule is O=C(C1CC(O)C(O)C(O)C1)C1CCC(O)C(O)C1F. The molecule has 6 nitrogen and oxygen atoms in total. The van der Waals surface area contributed by atoms with E-state index in [1.807, 2.05) is 0 Å². The number of hydrogen-bond donors (Lipinski definition) is 5. The van der Waals surface area contributed by atoms with Gasteiger partial charge in [0.1, 0.15) is 24.2 Å². The highest BCUT2D eigenvalue weighted by molar-refractivity contribution is 5.84. The van der Waals surface area contributed by atoms with Crippen molar-refractivity contribution in [1.82, 2.24) is 0 Å². The second-order valence-corrected chi connectivity index (χ2v) is 5.88. The Hall–Kier alpha value is -0.600. The number of ketones is 1. The van der Waals surface area contributed by atoms with Crippen molar-refractivity contribution in [2.75, 3.05) is 0 Å². The smallest absolute Gasteiger partial charge is 0.142 e. The number of aliphatic hydroxyl groups is 5. The Balaban J connectivity index is 2.04. The Bertz CT molecular complexity index is 353. The lowest BCUT2D eigenvalue weighted by atomic mass is 9.72. The molecule has 0 saturated heterocycles. The molecule has 0 aromatic rings. The van der Waals surface area contributed by atoms with E-state index in [2.05, 4.69) is 0 Å². The minimum Gasteiger partial charge on any atom is -0.390 e. The standard InChI is InChI=1S/C13H21FO6/c14-10-6(1-2-7(15)13(10)20)11(18)5-3-8(16)12(19)9(17)4-5/h5-10,12-13,15-17,19-20H,1-4H2. The number of Topliss-reactive ketones (excluding diaryl/α,β-unsaturated/α-hetero) is 1. The van der Waals surface area contributed by atoms with Crippen LogP contribution in [0.1, 0.15) is 25.7 Å². The molecule has 0 bridgehead atoms. The van der Waals surface area contributed by atoms with Crippen LogP contribution in [0.4, 0.5) is 4.39 Å². The van der Waals surface area contributed by atoms with Gasteiger partial charge in [0.05, 0.1) is 24.2 Å². The molecule has 116 valence electrons. The lowest BCUT2D eigenvalue weighted by molar-refractivity contribution is -0.149. The lowest BCUT2D eigenvalue weighted by Gasteiger charge is -2.38. The molecule has 0 aromatic heterocycles. The summed E-state index contributed by atoms with van der Waals surface area (Å²) in [5.41, 5.74) is 0. The number of hydrogen-bond acceptors (Lipinski definition) is 6. The summed E-state index contributed by atoms with van der Waals surface area (Å²) in [6, 6.07) is 0. The molecular weight excluding hydrogens is 271 g/mol. The van der Waals surface area contributed by atoms with Gasteiger partial charge in [0.2, 0.25) is 0 Å². The van der Waals surface area contributed by atoms with E-state index >= 15 is 0 Å². The number of carbonyl (C=O) groups excluding carboxylic acids is 1. The van der Waals surface area contributed by atoms with E-state index in [-0.39, 0.29) is 25.7 Å². The molecule has 2 rings (SSSR count). The number of rotatable bonds is 2. The van der Waals surface area contributed by atoms with Gasteiger partial charge in [-0.2, -0.15) is 0 Å². The molecule has 5 N–H and O–H groups in total. The van der Waals surface area contributed by atoms with Gasteiger partial charge in [0, 0.05) is 5.92 Å². The molecule has 0 amide bonds. The zero-order chi connectivity index (χ0) is 15.0. The predicted octanol–water partition coefficient (Wildman–Crippen LogP) is -1.48. The van der Waals surface area contributed by atoms with Crippen LogP contribution in [0.15, 0.2) is 0 Å². The van der Waals surface area contributed by atoms with Crippen molar-refractivity contribution < 1.29 is 34.7 Å². The Kier molecular flexibility index (Phi) is 4.76. The highest BCUT2D eigenvalue weighted by Crippen LogP contribution is 2.35. The Morgan fingerprint density at radius 1 is 0.850 bits per heavy atom. The summed E-state index contributed by atoms with van der Waals surface area (Å²) in [5, 5.41) is 47.4. The van der Waals surface area contributed by atoms with Gasteiger partial charge < -0.3 is 25.5 Å². The summed E-state index contributed by atoms with van der Waals surface area (Å²) in [7, 11) is 0. The monoisotopic (exact) mass is 292 g/mol. The second-order valence-electron chi connectivity index (χ2n) is 5.88. The minimum absolute atomic E-state index is 0.0288. The van der Waals surface area contributed by atoms with Gasteiger partial charge in [-0.15, -0.1) is 0 Å². The second kappa shape index (κ2) is 6.03. The van der Waals surface area contributed by atoms with E-state index in [4.69, 9.17) is 0 Å². The maximum absolute atomic E-state index is 14.0. The van der Waals surface area contributed by atoms with Crippen LogP contribution in [0, 0.1) is 11.8 Å². The van der Waals surface area contributed by atoms with Crippen molar-refractivity contribution in [1.29, 1.82) is 0 Å². The molecule has 7 heteroatoms. The average molecular weight is 292 g/mol. The molecule has 0 heterocycles. The largest absolute Gasteiger partial charge is 0.390 e. The van der Waals surface area contributed by atoms with Gasteiger partial charge >= 0.3 is 0 Å². The van der Waals surface area contributed by atoms with Gasteiger partial charge in [-0.1, -0.05) is 0 Å². The molecule has 0 aromatic carbocycles. The Labute approximate surface area is 115 Å². The van der Waals surface area contributed by atoms with Crippen LogP contribution in [0.3, 0.4) is 0 Å². The summed E-state index contributed by atoms with van der Waals surface area (Å²) in [6.07, 6.45) is -8.11.